The largest absolute Gasteiger partial charge is 1.00 e. The van der Waals surface area contributed by atoms with E-state index in [1.807, 2.05) is 13.8 Å². The summed E-state index contributed by atoms with van der Waals surface area (Å²) in [5.41, 5.74) is 0. The zero-order chi connectivity index (χ0) is 18.7. The third-order valence-corrected chi connectivity index (χ3v) is 3.11. The summed E-state index contributed by atoms with van der Waals surface area (Å²) < 4.78 is 14.5. The molecule has 0 spiro atoms. The van der Waals surface area contributed by atoms with Crippen molar-refractivity contribution in [1.82, 2.24) is 5.32 Å². The van der Waals surface area contributed by atoms with Crippen LogP contribution in [0.15, 0.2) is 24.3 Å². The van der Waals surface area contributed by atoms with Gasteiger partial charge in [0.15, 0.2) is 0 Å². The first-order valence-electron chi connectivity index (χ1n) is 7.89. The molecule has 1 amide bonds. The molecule has 0 radical (unpaired) electrons. The van der Waals surface area contributed by atoms with Gasteiger partial charge in [0.25, 0.3) is 0 Å². The van der Waals surface area contributed by atoms with E-state index in [2.05, 4.69) is 10.1 Å². The van der Waals surface area contributed by atoms with Crippen molar-refractivity contribution in [2.75, 3.05) is 13.3 Å². The Balaban J connectivity index is 0. The summed E-state index contributed by atoms with van der Waals surface area (Å²) in [6, 6.07) is 6.43. The van der Waals surface area contributed by atoms with Gasteiger partial charge >= 0.3 is 47.6 Å². The van der Waals surface area contributed by atoms with Crippen molar-refractivity contribution in [3.63, 3.8) is 0 Å². The number of esters is 2. The van der Waals surface area contributed by atoms with Crippen molar-refractivity contribution in [2.45, 2.75) is 33.1 Å². The van der Waals surface area contributed by atoms with Gasteiger partial charge in [0, 0.05) is 24.4 Å². The van der Waals surface area contributed by atoms with E-state index >= 15 is 0 Å². The van der Waals surface area contributed by atoms with E-state index in [4.69, 9.17) is 21.1 Å². The SMILES string of the molecule is CC(C)CC(=O)OCOC(=O)NCCCC(=O)Oc1ccc(Cl)cc1.[H-].[Na+]. The molecular weight excluding hydrogens is 373 g/mol. The van der Waals surface area contributed by atoms with Gasteiger partial charge < -0.3 is 21.0 Å². The van der Waals surface area contributed by atoms with Gasteiger partial charge in [-0.25, -0.2) is 4.79 Å². The van der Waals surface area contributed by atoms with Crippen molar-refractivity contribution >= 4 is 29.6 Å². The molecule has 26 heavy (non-hydrogen) atoms. The minimum atomic E-state index is -0.719. The van der Waals surface area contributed by atoms with Crippen LogP contribution in [0.2, 0.25) is 5.02 Å². The van der Waals surface area contributed by atoms with Crippen LogP contribution in [-0.4, -0.2) is 31.4 Å². The van der Waals surface area contributed by atoms with Gasteiger partial charge in [-0.1, -0.05) is 25.4 Å². The van der Waals surface area contributed by atoms with Crippen LogP contribution < -0.4 is 39.6 Å². The van der Waals surface area contributed by atoms with Crippen molar-refractivity contribution in [2.24, 2.45) is 5.92 Å². The first-order valence-corrected chi connectivity index (χ1v) is 8.27. The van der Waals surface area contributed by atoms with Gasteiger partial charge in [-0.15, -0.1) is 0 Å². The molecule has 1 aromatic rings. The minimum Gasteiger partial charge on any atom is -1.00 e. The molecule has 9 heteroatoms. The molecule has 0 fully saturated rings. The van der Waals surface area contributed by atoms with Crippen LogP contribution in [-0.2, 0) is 19.1 Å². The van der Waals surface area contributed by atoms with Crippen LogP contribution in [0.3, 0.4) is 0 Å². The number of halogens is 1. The van der Waals surface area contributed by atoms with E-state index < -0.39 is 24.8 Å². The van der Waals surface area contributed by atoms with Crippen LogP contribution in [0.1, 0.15) is 34.5 Å². The fourth-order valence-electron chi connectivity index (χ4n) is 1.70. The molecular formula is C17H23ClNNaO6. The Kier molecular flexibility index (Phi) is 13.2. The monoisotopic (exact) mass is 395 g/mol. The predicted molar refractivity (Wildman–Crippen MR) is 92.3 cm³/mol. The summed E-state index contributed by atoms with van der Waals surface area (Å²) in [6.07, 6.45) is 0.0604. The van der Waals surface area contributed by atoms with Crippen molar-refractivity contribution in [1.29, 1.82) is 0 Å². The first-order chi connectivity index (χ1) is 11.9. The number of alkyl carbamates (subject to hydrolysis) is 1. The number of hydrogen-bond acceptors (Lipinski definition) is 6. The Labute approximate surface area is 181 Å². The zero-order valence-electron chi connectivity index (χ0n) is 16.2. The minimum absolute atomic E-state index is 0. The summed E-state index contributed by atoms with van der Waals surface area (Å²) in [6.45, 7) is 3.56. The Hall–Kier alpha value is -1.28. The van der Waals surface area contributed by atoms with Crippen LogP contribution in [0, 0.1) is 5.92 Å². The molecule has 140 valence electrons. The van der Waals surface area contributed by atoms with Gasteiger partial charge in [0.1, 0.15) is 5.75 Å². The molecule has 0 saturated heterocycles. The standard InChI is InChI=1S/C17H22ClNO6.Na.H/c1-12(2)10-16(21)23-11-24-17(22)19-9-3-4-15(20)25-14-7-5-13(18)6-8-14;;/h5-8,12H,3-4,9-11H2,1-2H3,(H,19,22);;/q;+1;-1. The molecule has 0 aromatic heterocycles. The van der Waals surface area contributed by atoms with Crippen LogP contribution in [0.5, 0.6) is 5.75 Å². The number of rotatable bonds is 9. The quantitative estimate of drug-likeness (QED) is 0.214. The average Bonchev–Trinajstić information content (AvgIpc) is 2.53. The maximum Gasteiger partial charge on any atom is 1.00 e. The number of amides is 1. The van der Waals surface area contributed by atoms with Gasteiger partial charge in [0.05, 0.1) is 0 Å². The predicted octanol–water partition coefficient (Wildman–Crippen LogP) is 0.415. The zero-order valence-corrected chi connectivity index (χ0v) is 18.0. The summed E-state index contributed by atoms with van der Waals surface area (Å²) in [5.74, 6) is -0.258. The molecule has 1 N–H and O–H groups in total. The fourth-order valence-corrected chi connectivity index (χ4v) is 1.83. The molecule has 1 rings (SSSR count). The topological polar surface area (TPSA) is 90.9 Å². The second-order valence-corrected chi connectivity index (χ2v) is 6.06. The van der Waals surface area contributed by atoms with E-state index in [1.54, 1.807) is 24.3 Å². The van der Waals surface area contributed by atoms with Gasteiger partial charge in [-0.3, -0.25) is 9.59 Å². The Morgan fingerprint density at radius 2 is 1.77 bits per heavy atom. The first kappa shape index (κ1) is 24.7. The Morgan fingerprint density at radius 1 is 1.12 bits per heavy atom. The third-order valence-electron chi connectivity index (χ3n) is 2.86. The van der Waals surface area contributed by atoms with Crippen LogP contribution >= 0.6 is 11.6 Å². The number of carbonyl (C=O) groups is 3. The van der Waals surface area contributed by atoms with Crippen LogP contribution in [0.4, 0.5) is 4.79 Å². The molecule has 0 atom stereocenters. The number of nitrogens with one attached hydrogen (secondary N) is 1. The van der Waals surface area contributed by atoms with E-state index in [1.165, 1.54) is 0 Å². The molecule has 0 unspecified atom stereocenters. The molecule has 0 bridgehead atoms. The molecule has 0 aliphatic rings. The van der Waals surface area contributed by atoms with Crippen LogP contribution in [0.25, 0.3) is 0 Å². The Bertz CT molecular complexity index is 585. The van der Waals surface area contributed by atoms with E-state index in [-0.39, 0.29) is 56.3 Å². The fraction of sp³-hybridized carbons (Fsp3) is 0.471. The maximum atomic E-state index is 11.6. The number of hydrogen-bond donors (Lipinski definition) is 1. The number of benzene rings is 1. The summed E-state index contributed by atoms with van der Waals surface area (Å²) in [7, 11) is 0. The molecule has 0 aliphatic heterocycles. The molecule has 0 saturated carbocycles. The van der Waals surface area contributed by atoms with Gasteiger partial charge in [-0.05, 0) is 36.6 Å². The molecule has 0 heterocycles. The smallest absolute Gasteiger partial charge is 1.00 e. The van der Waals surface area contributed by atoms with E-state index in [0.29, 0.717) is 17.2 Å². The molecule has 1 aromatic carbocycles. The second-order valence-electron chi connectivity index (χ2n) is 5.62. The summed E-state index contributed by atoms with van der Waals surface area (Å²) >= 11 is 5.74. The average molecular weight is 396 g/mol. The van der Waals surface area contributed by atoms with Gasteiger partial charge in [0.2, 0.25) is 6.79 Å². The molecule has 7 nitrogen and oxygen atoms in total. The van der Waals surface area contributed by atoms with Gasteiger partial charge in [-0.2, -0.15) is 0 Å². The normalized spacial score (nSPS) is 9.85. The van der Waals surface area contributed by atoms with E-state index in [9.17, 15) is 14.4 Å². The number of carbonyl (C=O) groups excluding carboxylic acids is 3. The number of ether oxygens (including phenoxy) is 3. The Morgan fingerprint density at radius 3 is 2.38 bits per heavy atom. The summed E-state index contributed by atoms with van der Waals surface area (Å²) in [5, 5.41) is 3.00. The second kappa shape index (κ2) is 13.9. The third kappa shape index (κ3) is 12.1. The maximum absolute atomic E-state index is 11.6. The van der Waals surface area contributed by atoms with Crippen molar-refractivity contribution < 1.29 is 59.6 Å². The summed E-state index contributed by atoms with van der Waals surface area (Å²) in [4.78, 5) is 34.2. The van der Waals surface area contributed by atoms with E-state index in [0.717, 1.165) is 0 Å². The molecule has 0 aliphatic carbocycles. The van der Waals surface area contributed by atoms with Crippen molar-refractivity contribution in [3.05, 3.63) is 29.3 Å². The van der Waals surface area contributed by atoms with Crippen molar-refractivity contribution in [3.8, 4) is 5.75 Å².